The van der Waals surface area contributed by atoms with Crippen LogP contribution in [-0.4, -0.2) is 26.9 Å². The van der Waals surface area contributed by atoms with Crippen LogP contribution in [0.3, 0.4) is 0 Å². The first-order valence-electron chi connectivity index (χ1n) is 11.6. The van der Waals surface area contributed by atoms with Crippen molar-refractivity contribution in [3.05, 3.63) is 57.2 Å². The van der Waals surface area contributed by atoms with Gasteiger partial charge in [0.05, 0.1) is 21.6 Å². The number of aromatic nitrogens is 1. The number of nitrogens with one attached hydrogen (secondary N) is 1. The molecule has 0 saturated carbocycles. The molecule has 0 aliphatic rings. The van der Waals surface area contributed by atoms with E-state index in [9.17, 15) is 20.0 Å². The number of halogens is 2. The molecule has 2 N–H and O–H groups in total. The first-order chi connectivity index (χ1) is 15.8. The lowest BCUT2D eigenvalue weighted by atomic mass is 10.0. The van der Waals surface area contributed by atoms with Gasteiger partial charge in [0.15, 0.2) is 0 Å². The van der Waals surface area contributed by atoms with Gasteiger partial charge in [-0.25, -0.2) is 0 Å². The lowest BCUT2D eigenvalue weighted by Gasteiger charge is -2.09. The predicted octanol–water partition coefficient (Wildman–Crippen LogP) is 7.96. The van der Waals surface area contributed by atoms with Gasteiger partial charge in [-0.1, -0.05) is 88.1 Å². The van der Waals surface area contributed by atoms with E-state index in [1.807, 2.05) is 0 Å². The number of nitro groups is 1. The standard InChI is InChI=1S/C15H29O2.C10H6Cl2N2O2/c1-3-5-7-8-10-12-15(17)13-14(16)11-9-6-4-2;11-8-3-1-2-6(10(8)14(15)16)7-4-13-5-9(7)12/h11,15,17H,3-10,12-13H2,1-2H3;1-5,13H. The Kier molecular flexibility index (Phi) is 14.7. The highest BCUT2D eigenvalue weighted by Crippen LogP contribution is 2.38. The molecule has 0 aliphatic heterocycles. The fourth-order valence-electron chi connectivity index (χ4n) is 3.34. The number of Topliss-reactive ketones (excluding diaryl/α,β-unsaturated/α-hetero) is 1. The van der Waals surface area contributed by atoms with Gasteiger partial charge >= 0.3 is 0 Å². The second-order valence-electron chi connectivity index (χ2n) is 7.98. The van der Waals surface area contributed by atoms with E-state index >= 15 is 0 Å². The SMILES string of the molecule is CCCC[CH]C(=O)CC(O)CCCCCCC.O=[N+]([O-])c1c(Cl)cccc1-c1c[nH]cc1Cl. The number of ketones is 1. The normalized spacial score (nSPS) is 11.5. The van der Waals surface area contributed by atoms with E-state index in [0.717, 1.165) is 32.1 Å². The first-order valence-corrected chi connectivity index (χ1v) is 12.4. The molecule has 0 fully saturated rings. The summed E-state index contributed by atoms with van der Waals surface area (Å²) in [5.74, 6) is 0.111. The number of benzene rings is 1. The van der Waals surface area contributed by atoms with Gasteiger partial charge in [-0.3, -0.25) is 14.9 Å². The molecule has 0 aliphatic carbocycles. The number of nitro benzene ring substituents is 1. The Morgan fingerprint density at radius 1 is 1.06 bits per heavy atom. The minimum atomic E-state index is -0.513. The Labute approximate surface area is 206 Å². The number of aliphatic hydroxyl groups excluding tert-OH is 1. The molecule has 33 heavy (non-hydrogen) atoms. The van der Waals surface area contributed by atoms with Crippen molar-refractivity contribution < 1.29 is 14.8 Å². The third kappa shape index (κ3) is 11.2. The van der Waals surface area contributed by atoms with Crippen molar-refractivity contribution in [3.63, 3.8) is 0 Å². The highest BCUT2D eigenvalue weighted by Gasteiger charge is 2.21. The fourth-order valence-corrected chi connectivity index (χ4v) is 3.80. The van der Waals surface area contributed by atoms with Crippen molar-refractivity contribution in [2.45, 2.75) is 84.2 Å². The summed E-state index contributed by atoms with van der Waals surface area (Å²) in [6.45, 7) is 4.31. The van der Waals surface area contributed by atoms with Gasteiger partial charge in [-0.15, -0.1) is 0 Å². The molecule has 0 spiro atoms. The zero-order valence-corrected chi connectivity index (χ0v) is 21.0. The van der Waals surface area contributed by atoms with Gasteiger partial charge in [0, 0.05) is 30.8 Å². The van der Waals surface area contributed by atoms with E-state index in [1.165, 1.54) is 31.7 Å². The van der Waals surface area contributed by atoms with Crippen LogP contribution in [0.25, 0.3) is 11.1 Å². The summed E-state index contributed by atoms with van der Waals surface area (Å²) in [5.41, 5.74) is 0.838. The van der Waals surface area contributed by atoms with E-state index in [2.05, 4.69) is 18.8 Å². The van der Waals surface area contributed by atoms with Crippen LogP contribution in [-0.2, 0) is 4.79 Å². The number of nitrogens with zero attached hydrogens (tertiary/aromatic N) is 1. The molecule has 0 saturated heterocycles. The maximum atomic E-state index is 11.4. The fraction of sp³-hybridized carbons (Fsp3) is 0.520. The van der Waals surface area contributed by atoms with Crippen molar-refractivity contribution in [3.8, 4) is 11.1 Å². The number of hydrogen-bond donors (Lipinski definition) is 2. The molecule has 1 radical (unpaired) electrons. The first kappa shape index (κ1) is 29.1. The molecule has 1 unspecified atom stereocenters. The van der Waals surface area contributed by atoms with E-state index in [4.69, 9.17) is 23.2 Å². The van der Waals surface area contributed by atoms with E-state index in [0.29, 0.717) is 22.6 Å². The van der Waals surface area contributed by atoms with Crippen molar-refractivity contribution in [1.82, 2.24) is 4.98 Å². The quantitative estimate of drug-likeness (QED) is 0.157. The molecular formula is C25H35Cl2N2O4. The van der Waals surface area contributed by atoms with Crippen LogP contribution in [0.5, 0.6) is 0 Å². The van der Waals surface area contributed by atoms with Crippen LogP contribution >= 0.6 is 23.2 Å². The van der Waals surface area contributed by atoms with Gasteiger partial charge in [0.1, 0.15) is 10.8 Å². The Bertz CT molecular complexity index is 855. The summed E-state index contributed by atoms with van der Waals surface area (Å²) < 4.78 is 0. The van der Waals surface area contributed by atoms with Crippen molar-refractivity contribution in [1.29, 1.82) is 0 Å². The molecule has 8 heteroatoms. The van der Waals surface area contributed by atoms with Gasteiger partial charge in [-0.05, 0) is 25.0 Å². The van der Waals surface area contributed by atoms with E-state index < -0.39 is 11.0 Å². The van der Waals surface area contributed by atoms with Gasteiger partial charge < -0.3 is 10.1 Å². The molecule has 2 aromatic rings. The monoisotopic (exact) mass is 497 g/mol. The molecule has 1 aromatic carbocycles. The molecule has 6 nitrogen and oxygen atoms in total. The molecular weight excluding hydrogens is 463 g/mol. The number of rotatable bonds is 14. The second kappa shape index (κ2) is 16.7. The summed E-state index contributed by atoms with van der Waals surface area (Å²) in [6, 6.07) is 4.73. The maximum Gasteiger partial charge on any atom is 0.295 e. The average molecular weight is 498 g/mol. The van der Waals surface area contributed by atoms with Crippen molar-refractivity contribution in [2.75, 3.05) is 0 Å². The lowest BCUT2D eigenvalue weighted by Crippen LogP contribution is -2.13. The predicted molar refractivity (Wildman–Crippen MR) is 136 cm³/mol. The Balaban J connectivity index is 0.000000330. The van der Waals surface area contributed by atoms with Gasteiger partial charge in [-0.2, -0.15) is 0 Å². The highest BCUT2D eigenvalue weighted by molar-refractivity contribution is 6.35. The lowest BCUT2D eigenvalue weighted by molar-refractivity contribution is -0.384. The van der Waals surface area contributed by atoms with Crippen molar-refractivity contribution >= 4 is 34.7 Å². The number of hydrogen-bond acceptors (Lipinski definition) is 4. The minimum absolute atomic E-state index is 0.0970. The van der Waals surface area contributed by atoms with Crippen LogP contribution in [0.1, 0.15) is 78.1 Å². The third-order valence-corrected chi connectivity index (χ3v) is 5.78. The number of carbonyl (C=O) groups excluding carboxylic acids is 1. The van der Waals surface area contributed by atoms with Crippen LogP contribution in [0.2, 0.25) is 10.0 Å². The number of para-hydroxylation sites is 1. The third-order valence-electron chi connectivity index (χ3n) is 5.16. The summed E-state index contributed by atoms with van der Waals surface area (Å²) in [5, 5.41) is 21.1. The van der Waals surface area contributed by atoms with E-state index in [1.54, 1.807) is 30.9 Å². The smallest absolute Gasteiger partial charge is 0.295 e. The van der Waals surface area contributed by atoms with Gasteiger partial charge in [0.25, 0.3) is 5.69 Å². The summed E-state index contributed by atoms with van der Waals surface area (Å²) in [7, 11) is 0. The molecule has 183 valence electrons. The number of carbonyl (C=O) groups is 1. The molecule has 2 rings (SSSR count). The minimum Gasteiger partial charge on any atom is -0.393 e. The summed E-state index contributed by atoms with van der Waals surface area (Å²) in [4.78, 5) is 24.6. The second-order valence-corrected chi connectivity index (χ2v) is 8.80. The zero-order chi connectivity index (χ0) is 24.6. The maximum absolute atomic E-state index is 11.4. The van der Waals surface area contributed by atoms with Crippen LogP contribution in [0.15, 0.2) is 30.6 Å². The molecule has 1 atom stereocenters. The number of aliphatic hydroxyl groups is 1. The average Bonchev–Trinajstić information content (AvgIpc) is 3.19. The molecule has 1 heterocycles. The number of unbranched alkanes of at least 4 members (excludes halogenated alkanes) is 6. The molecule has 0 amide bonds. The Hall–Kier alpha value is -1.89. The number of H-pyrrole nitrogens is 1. The largest absolute Gasteiger partial charge is 0.393 e. The Morgan fingerprint density at radius 3 is 2.36 bits per heavy atom. The van der Waals surface area contributed by atoms with Gasteiger partial charge in [0.2, 0.25) is 0 Å². The van der Waals surface area contributed by atoms with Crippen LogP contribution in [0, 0.1) is 16.5 Å². The molecule has 0 bridgehead atoms. The van der Waals surface area contributed by atoms with Crippen LogP contribution in [0.4, 0.5) is 5.69 Å². The van der Waals surface area contributed by atoms with E-state index in [-0.39, 0.29) is 16.5 Å². The topological polar surface area (TPSA) is 96.2 Å². The number of aromatic amines is 1. The van der Waals surface area contributed by atoms with Crippen LogP contribution < -0.4 is 0 Å². The molecule has 1 aromatic heterocycles. The summed E-state index contributed by atoms with van der Waals surface area (Å²) in [6.07, 6.45) is 14.6. The van der Waals surface area contributed by atoms with Crippen molar-refractivity contribution in [2.24, 2.45) is 0 Å². The zero-order valence-electron chi connectivity index (χ0n) is 19.5. The Morgan fingerprint density at radius 2 is 1.76 bits per heavy atom. The highest BCUT2D eigenvalue weighted by atomic mass is 35.5. The summed E-state index contributed by atoms with van der Waals surface area (Å²) >= 11 is 11.7.